The van der Waals surface area contributed by atoms with Gasteiger partial charge in [0.25, 0.3) is 0 Å². The van der Waals surface area contributed by atoms with Gasteiger partial charge < -0.3 is 13.7 Å². The molecule has 1 aliphatic rings. The molecule has 6 nitrogen and oxygen atoms in total. The van der Waals surface area contributed by atoms with Gasteiger partial charge in [-0.15, -0.1) is 0 Å². The second kappa shape index (κ2) is 9.63. The molecule has 0 spiro atoms. The zero-order valence-corrected chi connectivity index (χ0v) is 19.1. The third-order valence-corrected chi connectivity index (χ3v) is 6.65. The number of benzene rings is 1. The van der Waals surface area contributed by atoms with Crippen molar-refractivity contribution in [1.29, 1.82) is 0 Å². The molecule has 0 aliphatic carbocycles. The molecule has 0 bridgehead atoms. The molecule has 0 saturated carbocycles. The third-order valence-electron chi connectivity index (χ3n) is 6.65. The lowest BCUT2D eigenvalue weighted by molar-refractivity contribution is -0.135. The van der Waals surface area contributed by atoms with Gasteiger partial charge >= 0.3 is 0 Å². The van der Waals surface area contributed by atoms with Gasteiger partial charge in [0.15, 0.2) is 5.76 Å². The number of piperidine rings is 1. The summed E-state index contributed by atoms with van der Waals surface area (Å²) < 4.78 is 7.81. The maximum absolute atomic E-state index is 13.0. The Bertz CT molecular complexity index is 1190. The fourth-order valence-electron chi connectivity index (χ4n) is 4.72. The van der Waals surface area contributed by atoms with Crippen LogP contribution in [-0.2, 0) is 17.8 Å². The van der Waals surface area contributed by atoms with E-state index < -0.39 is 0 Å². The van der Waals surface area contributed by atoms with Gasteiger partial charge in [0.1, 0.15) is 11.3 Å². The summed E-state index contributed by atoms with van der Waals surface area (Å²) in [7, 11) is 1.94. The van der Waals surface area contributed by atoms with E-state index in [2.05, 4.69) is 27.6 Å². The standard InChI is InChI=1S/C27H30N4O2/c1-29(16-12-21-8-3-2-4-9-21)27(32)22-13-17-30(18-14-22)20-23-26(24-10-7-19-33-24)28-25-11-5-6-15-31(23)25/h2-11,15,19,22H,12-14,16-18,20H2,1H3. The maximum atomic E-state index is 13.0. The van der Waals surface area contributed by atoms with Crippen LogP contribution in [0.3, 0.4) is 0 Å². The Morgan fingerprint density at radius 2 is 1.85 bits per heavy atom. The zero-order valence-electron chi connectivity index (χ0n) is 19.1. The second-order valence-electron chi connectivity index (χ2n) is 8.86. The predicted octanol–water partition coefficient (Wildman–Crippen LogP) is 4.51. The average molecular weight is 443 g/mol. The molecule has 33 heavy (non-hydrogen) atoms. The van der Waals surface area contributed by atoms with E-state index in [4.69, 9.17) is 9.40 Å². The van der Waals surface area contributed by atoms with E-state index in [0.717, 1.165) is 68.2 Å². The molecule has 1 fully saturated rings. The smallest absolute Gasteiger partial charge is 0.225 e. The molecular weight excluding hydrogens is 412 g/mol. The minimum Gasteiger partial charge on any atom is -0.463 e. The van der Waals surface area contributed by atoms with Gasteiger partial charge in [-0.1, -0.05) is 36.4 Å². The van der Waals surface area contributed by atoms with E-state index in [1.165, 1.54) is 5.56 Å². The number of imidazole rings is 1. The first-order valence-corrected chi connectivity index (χ1v) is 11.7. The highest BCUT2D eigenvalue weighted by Gasteiger charge is 2.28. The van der Waals surface area contributed by atoms with E-state index in [1.54, 1.807) is 6.26 Å². The number of carbonyl (C=O) groups excluding carboxylic acids is 1. The Hall–Kier alpha value is -3.38. The molecular formula is C27H30N4O2. The van der Waals surface area contributed by atoms with Crippen LogP contribution in [0.25, 0.3) is 17.1 Å². The van der Waals surface area contributed by atoms with Crippen molar-refractivity contribution in [2.24, 2.45) is 5.92 Å². The Balaban J connectivity index is 1.21. The number of nitrogens with zero attached hydrogens (tertiary/aromatic N) is 4. The quantitative estimate of drug-likeness (QED) is 0.423. The van der Waals surface area contributed by atoms with Gasteiger partial charge in [0, 0.05) is 32.3 Å². The molecule has 0 unspecified atom stereocenters. The summed E-state index contributed by atoms with van der Waals surface area (Å²) in [5, 5.41) is 0. The van der Waals surface area contributed by atoms with Crippen LogP contribution in [0, 0.1) is 5.92 Å². The van der Waals surface area contributed by atoms with Crippen LogP contribution in [0.4, 0.5) is 0 Å². The molecule has 1 amide bonds. The van der Waals surface area contributed by atoms with Gasteiger partial charge in [-0.3, -0.25) is 9.69 Å². The van der Waals surface area contributed by atoms with E-state index in [0.29, 0.717) is 0 Å². The Labute approximate surface area is 194 Å². The number of likely N-dealkylation sites (N-methyl/N-ethyl adjacent to an activating group) is 1. The summed E-state index contributed by atoms with van der Waals surface area (Å²) in [4.78, 5) is 22.2. The summed E-state index contributed by atoms with van der Waals surface area (Å²) >= 11 is 0. The third kappa shape index (κ3) is 4.71. The van der Waals surface area contributed by atoms with Gasteiger partial charge in [-0.05, 0) is 62.2 Å². The first kappa shape index (κ1) is 21.5. The SMILES string of the molecule is CN(CCc1ccccc1)C(=O)C1CCN(Cc2c(-c3ccco3)nc3ccccn23)CC1. The number of rotatable bonds is 7. The number of aromatic nitrogens is 2. The Kier molecular flexibility index (Phi) is 6.26. The fourth-order valence-corrected chi connectivity index (χ4v) is 4.72. The van der Waals surface area contributed by atoms with Crippen molar-refractivity contribution in [3.63, 3.8) is 0 Å². The van der Waals surface area contributed by atoms with Crippen molar-refractivity contribution in [1.82, 2.24) is 19.2 Å². The zero-order chi connectivity index (χ0) is 22.6. The first-order chi connectivity index (χ1) is 16.2. The van der Waals surface area contributed by atoms with Crippen molar-refractivity contribution in [2.45, 2.75) is 25.8 Å². The van der Waals surface area contributed by atoms with Crippen LogP contribution in [0.5, 0.6) is 0 Å². The number of likely N-dealkylation sites (tertiary alicyclic amines) is 1. The Morgan fingerprint density at radius 3 is 2.61 bits per heavy atom. The highest BCUT2D eigenvalue weighted by atomic mass is 16.3. The molecule has 1 aromatic carbocycles. The van der Waals surface area contributed by atoms with Crippen molar-refractivity contribution in [3.05, 3.63) is 84.4 Å². The molecule has 4 heterocycles. The van der Waals surface area contributed by atoms with E-state index in [-0.39, 0.29) is 11.8 Å². The molecule has 3 aromatic heterocycles. The van der Waals surface area contributed by atoms with Gasteiger partial charge in [0.05, 0.1) is 12.0 Å². The number of hydrogen-bond donors (Lipinski definition) is 0. The summed E-state index contributed by atoms with van der Waals surface area (Å²) in [6.45, 7) is 3.35. The number of hydrogen-bond acceptors (Lipinski definition) is 4. The molecule has 1 saturated heterocycles. The molecule has 0 N–H and O–H groups in total. The second-order valence-corrected chi connectivity index (χ2v) is 8.86. The van der Waals surface area contributed by atoms with Crippen LogP contribution in [0.15, 0.2) is 77.5 Å². The van der Waals surface area contributed by atoms with Crippen LogP contribution in [0.2, 0.25) is 0 Å². The highest BCUT2D eigenvalue weighted by Crippen LogP contribution is 2.28. The van der Waals surface area contributed by atoms with Crippen molar-refractivity contribution >= 4 is 11.6 Å². The maximum Gasteiger partial charge on any atom is 0.225 e. The molecule has 170 valence electrons. The minimum atomic E-state index is 0.105. The fraction of sp³-hybridized carbons (Fsp3) is 0.333. The van der Waals surface area contributed by atoms with Crippen molar-refractivity contribution in [3.8, 4) is 11.5 Å². The summed E-state index contributed by atoms with van der Waals surface area (Å²) in [5.74, 6) is 1.17. The monoisotopic (exact) mass is 442 g/mol. The number of carbonyl (C=O) groups is 1. The van der Waals surface area contributed by atoms with Crippen molar-refractivity contribution < 1.29 is 9.21 Å². The van der Waals surface area contributed by atoms with Gasteiger partial charge in [0.2, 0.25) is 5.91 Å². The molecule has 4 aromatic rings. The van der Waals surface area contributed by atoms with Gasteiger partial charge in [-0.25, -0.2) is 4.98 Å². The molecule has 1 aliphatic heterocycles. The van der Waals surface area contributed by atoms with Crippen LogP contribution >= 0.6 is 0 Å². The summed E-state index contributed by atoms with van der Waals surface area (Å²) in [6.07, 6.45) is 6.42. The van der Waals surface area contributed by atoms with E-state index in [9.17, 15) is 4.79 Å². The lowest BCUT2D eigenvalue weighted by Gasteiger charge is -2.33. The number of furan rings is 1. The predicted molar refractivity (Wildman–Crippen MR) is 129 cm³/mol. The van der Waals surface area contributed by atoms with Crippen LogP contribution in [-0.4, -0.2) is 51.8 Å². The molecule has 5 rings (SSSR count). The highest BCUT2D eigenvalue weighted by molar-refractivity contribution is 5.78. The molecule has 0 atom stereocenters. The van der Waals surface area contributed by atoms with Crippen LogP contribution in [0.1, 0.15) is 24.1 Å². The summed E-state index contributed by atoms with van der Waals surface area (Å²) in [5.41, 5.74) is 4.21. The first-order valence-electron chi connectivity index (χ1n) is 11.7. The number of pyridine rings is 1. The number of fused-ring (bicyclic) bond motifs is 1. The lowest BCUT2D eigenvalue weighted by atomic mass is 9.95. The van der Waals surface area contributed by atoms with E-state index >= 15 is 0 Å². The Morgan fingerprint density at radius 1 is 1.06 bits per heavy atom. The largest absolute Gasteiger partial charge is 0.463 e. The minimum absolute atomic E-state index is 0.105. The normalized spacial score (nSPS) is 15.2. The lowest BCUT2D eigenvalue weighted by Crippen LogP contribution is -2.41. The van der Waals surface area contributed by atoms with Gasteiger partial charge in [-0.2, -0.15) is 0 Å². The molecule has 0 radical (unpaired) electrons. The number of amides is 1. The molecule has 6 heteroatoms. The topological polar surface area (TPSA) is 54.0 Å². The average Bonchev–Trinajstić information content (AvgIpc) is 3.52. The van der Waals surface area contributed by atoms with Crippen LogP contribution < -0.4 is 0 Å². The van der Waals surface area contributed by atoms with E-state index in [1.807, 2.05) is 60.5 Å². The van der Waals surface area contributed by atoms with Crippen molar-refractivity contribution in [2.75, 3.05) is 26.7 Å². The summed E-state index contributed by atoms with van der Waals surface area (Å²) in [6, 6.07) is 20.3.